The minimum Gasteiger partial charge on any atom is -0.478 e. The number of hydrogen-bond donors (Lipinski definition) is 4. The molecule has 0 aromatic rings. The van der Waals surface area contributed by atoms with Crippen molar-refractivity contribution in [2.45, 2.75) is 65.2 Å². The number of aliphatic carboxylic acids is 4. The molecule has 4 N–H and O–H groups in total. The molecule has 1 rings (SSSR count). The van der Waals surface area contributed by atoms with Gasteiger partial charge in [-0.25, -0.2) is 19.2 Å². The van der Waals surface area contributed by atoms with E-state index in [0.717, 1.165) is 0 Å². The fraction of sp³-hybridized carbons (Fsp3) is 0.600. The molecule has 0 saturated heterocycles. The average Bonchev–Trinajstić information content (AvgIpc) is 2.58. The molecular formula is C20H28O8. The van der Waals surface area contributed by atoms with Gasteiger partial charge in [-0.1, -0.05) is 39.5 Å². The van der Waals surface area contributed by atoms with E-state index < -0.39 is 35.7 Å². The van der Waals surface area contributed by atoms with E-state index in [9.17, 15) is 39.6 Å². The number of hydrogen-bond acceptors (Lipinski definition) is 4. The quantitative estimate of drug-likeness (QED) is 0.439. The first-order chi connectivity index (χ1) is 13.1. The second kappa shape index (κ2) is 10.6. The number of carbonyl (C=O) groups is 4. The number of carboxylic acids is 4. The Balaban J connectivity index is 3.71. The Labute approximate surface area is 163 Å². The Bertz CT molecular complexity index is 641. The van der Waals surface area contributed by atoms with Crippen LogP contribution in [0.4, 0.5) is 0 Å². The van der Waals surface area contributed by atoms with Crippen LogP contribution in [0.25, 0.3) is 0 Å². The molecular weight excluding hydrogens is 368 g/mol. The number of rotatable bonds is 10. The van der Waals surface area contributed by atoms with Gasteiger partial charge in [-0.3, -0.25) is 0 Å². The van der Waals surface area contributed by atoms with E-state index in [2.05, 4.69) is 0 Å². The zero-order valence-corrected chi connectivity index (χ0v) is 16.2. The van der Waals surface area contributed by atoms with Gasteiger partial charge < -0.3 is 20.4 Å². The third-order valence-electron chi connectivity index (χ3n) is 5.16. The Morgan fingerprint density at radius 2 is 1.00 bits per heavy atom. The average molecular weight is 396 g/mol. The molecule has 28 heavy (non-hydrogen) atoms. The zero-order valence-electron chi connectivity index (χ0n) is 16.2. The normalized spacial score (nSPS) is 20.5. The first-order valence-electron chi connectivity index (χ1n) is 9.54. The second-order valence-electron chi connectivity index (χ2n) is 7.09. The summed E-state index contributed by atoms with van der Waals surface area (Å²) < 4.78 is 0. The highest BCUT2D eigenvalue weighted by Gasteiger charge is 2.38. The van der Waals surface area contributed by atoms with Crippen molar-refractivity contribution in [3.63, 3.8) is 0 Å². The maximum absolute atomic E-state index is 11.9. The van der Waals surface area contributed by atoms with Gasteiger partial charge in [-0.15, -0.1) is 0 Å². The maximum atomic E-state index is 11.9. The maximum Gasteiger partial charge on any atom is 0.332 e. The van der Waals surface area contributed by atoms with Crippen molar-refractivity contribution in [1.82, 2.24) is 0 Å². The van der Waals surface area contributed by atoms with Crippen molar-refractivity contribution in [1.29, 1.82) is 0 Å². The van der Waals surface area contributed by atoms with Gasteiger partial charge in [-0.05, 0) is 37.5 Å². The molecule has 8 nitrogen and oxygen atoms in total. The van der Waals surface area contributed by atoms with E-state index in [1.807, 2.05) is 13.8 Å². The molecule has 1 aliphatic carbocycles. The van der Waals surface area contributed by atoms with Gasteiger partial charge in [0.25, 0.3) is 0 Å². The van der Waals surface area contributed by atoms with E-state index in [1.165, 1.54) is 0 Å². The molecule has 0 aromatic carbocycles. The molecule has 8 heteroatoms. The zero-order chi connectivity index (χ0) is 21.4. The third-order valence-corrected chi connectivity index (χ3v) is 5.16. The van der Waals surface area contributed by atoms with Gasteiger partial charge in [0.1, 0.15) is 0 Å². The van der Waals surface area contributed by atoms with E-state index >= 15 is 0 Å². The summed E-state index contributed by atoms with van der Waals surface area (Å²) in [5.41, 5.74) is -1.24. The van der Waals surface area contributed by atoms with Crippen LogP contribution in [0, 0.1) is 11.8 Å². The summed E-state index contributed by atoms with van der Waals surface area (Å²) in [6.45, 7) is 3.76. The van der Waals surface area contributed by atoms with E-state index in [4.69, 9.17) is 0 Å². The summed E-state index contributed by atoms with van der Waals surface area (Å²) in [6.07, 6.45) is 2.50. The molecule has 1 aliphatic rings. The highest BCUT2D eigenvalue weighted by Crippen LogP contribution is 2.39. The Kier molecular flexibility index (Phi) is 8.88. The lowest BCUT2D eigenvalue weighted by Crippen LogP contribution is -2.28. The summed E-state index contributed by atoms with van der Waals surface area (Å²) in [6, 6.07) is 0. The minimum atomic E-state index is -1.40. The molecule has 0 amide bonds. The second-order valence-corrected chi connectivity index (χ2v) is 7.09. The van der Waals surface area contributed by atoms with Crippen LogP contribution in [0.15, 0.2) is 22.3 Å². The first-order valence-corrected chi connectivity index (χ1v) is 9.54. The van der Waals surface area contributed by atoms with Gasteiger partial charge in [0.05, 0.1) is 11.1 Å². The van der Waals surface area contributed by atoms with E-state index in [1.54, 1.807) is 0 Å². The van der Waals surface area contributed by atoms with Crippen LogP contribution in [-0.2, 0) is 19.2 Å². The smallest absolute Gasteiger partial charge is 0.332 e. The largest absolute Gasteiger partial charge is 0.478 e. The summed E-state index contributed by atoms with van der Waals surface area (Å²) in [5.74, 6) is -7.31. The van der Waals surface area contributed by atoms with Crippen LogP contribution >= 0.6 is 0 Å². The lowest BCUT2D eigenvalue weighted by Gasteiger charge is -2.28. The van der Waals surface area contributed by atoms with Gasteiger partial charge in [0.15, 0.2) is 0 Å². The minimum absolute atomic E-state index is 0.276. The molecule has 0 aliphatic heterocycles. The topological polar surface area (TPSA) is 149 Å². The van der Waals surface area contributed by atoms with Crippen LogP contribution in [0.1, 0.15) is 65.2 Å². The molecule has 2 atom stereocenters. The molecule has 0 bridgehead atoms. The summed E-state index contributed by atoms with van der Waals surface area (Å²) >= 11 is 0. The van der Waals surface area contributed by atoms with Gasteiger partial charge in [-0.2, -0.15) is 0 Å². The summed E-state index contributed by atoms with van der Waals surface area (Å²) in [5, 5.41) is 38.7. The predicted molar refractivity (Wildman–Crippen MR) is 99.9 cm³/mol. The molecule has 156 valence electrons. The van der Waals surface area contributed by atoms with Crippen molar-refractivity contribution in [3.05, 3.63) is 22.3 Å². The highest BCUT2D eigenvalue weighted by molar-refractivity contribution is 6.02. The van der Waals surface area contributed by atoms with Crippen LogP contribution < -0.4 is 0 Å². The summed E-state index contributed by atoms with van der Waals surface area (Å²) in [4.78, 5) is 47.6. The SMILES string of the molecule is CCCC[C@@H]1CC(C(=O)O)=C(C(=O)O)[C@H](CCCC)CC(C(=O)O)=C1C(=O)O. The third kappa shape index (κ3) is 5.68. The predicted octanol–water partition coefficient (Wildman–Crippen LogP) is 3.32. The van der Waals surface area contributed by atoms with Crippen LogP contribution in [-0.4, -0.2) is 44.3 Å². The molecule has 0 aromatic heterocycles. The first kappa shape index (κ1) is 23.4. The van der Waals surface area contributed by atoms with Crippen LogP contribution in [0.3, 0.4) is 0 Å². The van der Waals surface area contributed by atoms with Crippen molar-refractivity contribution in [3.8, 4) is 0 Å². The molecule has 0 unspecified atom stereocenters. The lowest BCUT2D eigenvalue weighted by molar-refractivity contribution is -0.138. The Hall–Kier alpha value is -2.64. The van der Waals surface area contributed by atoms with Crippen molar-refractivity contribution in [2.24, 2.45) is 11.8 Å². The molecule has 0 heterocycles. The van der Waals surface area contributed by atoms with Gasteiger partial charge in [0, 0.05) is 11.1 Å². The standard InChI is InChI=1S/C20H28O8/c1-3-5-7-11-9-13(17(21)22)16(20(27)28)12(8-6-4-2)10-14(18(23)24)15(11)19(25)26/h11-12H,3-10H2,1-2H3,(H,21,22)(H,23,24)(H,25,26)(H,27,28)/t11-,12-/m1/s1. The van der Waals surface area contributed by atoms with Gasteiger partial charge >= 0.3 is 23.9 Å². The Morgan fingerprint density at radius 1 is 0.679 bits per heavy atom. The fourth-order valence-electron chi connectivity index (χ4n) is 3.82. The molecule has 0 radical (unpaired) electrons. The van der Waals surface area contributed by atoms with E-state index in [-0.39, 0.29) is 48.0 Å². The number of unbranched alkanes of at least 4 members (excludes halogenated alkanes) is 2. The van der Waals surface area contributed by atoms with Gasteiger partial charge in [0.2, 0.25) is 0 Å². The van der Waals surface area contributed by atoms with E-state index in [0.29, 0.717) is 25.7 Å². The fourth-order valence-corrected chi connectivity index (χ4v) is 3.82. The molecule has 0 saturated carbocycles. The monoisotopic (exact) mass is 396 g/mol. The highest BCUT2D eigenvalue weighted by atomic mass is 16.4. The molecule has 0 spiro atoms. The van der Waals surface area contributed by atoms with Crippen LogP contribution in [0.2, 0.25) is 0 Å². The number of carboxylic acid groups (broad SMARTS) is 4. The lowest BCUT2D eigenvalue weighted by atomic mass is 9.74. The van der Waals surface area contributed by atoms with Crippen LogP contribution in [0.5, 0.6) is 0 Å². The summed E-state index contributed by atoms with van der Waals surface area (Å²) in [7, 11) is 0. The molecule has 0 fully saturated rings. The van der Waals surface area contributed by atoms with Crippen molar-refractivity contribution >= 4 is 23.9 Å². The Morgan fingerprint density at radius 3 is 1.21 bits per heavy atom. The van der Waals surface area contributed by atoms with Crippen molar-refractivity contribution < 1.29 is 39.6 Å². The van der Waals surface area contributed by atoms with Crippen molar-refractivity contribution in [2.75, 3.05) is 0 Å².